The van der Waals surface area contributed by atoms with Crippen LogP contribution in [0.3, 0.4) is 0 Å². The van der Waals surface area contributed by atoms with Crippen LogP contribution in [0.1, 0.15) is 11.3 Å². The monoisotopic (exact) mass is 231 g/mol. The van der Waals surface area contributed by atoms with E-state index in [1.54, 1.807) is 0 Å². The van der Waals surface area contributed by atoms with Crippen molar-refractivity contribution >= 4 is 0 Å². The minimum absolute atomic E-state index is 0.0235. The van der Waals surface area contributed by atoms with E-state index in [0.29, 0.717) is 11.2 Å². The summed E-state index contributed by atoms with van der Waals surface area (Å²) in [6.07, 6.45) is 0.368. The van der Waals surface area contributed by atoms with Crippen molar-refractivity contribution in [2.45, 2.75) is 6.42 Å². The molecule has 88 valence electrons. The van der Waals surface area contributed by atoms with Crippen LogP contribution in [0.4, 0.5) is 0 Å². The fourth-order valence-electron chi connectivity index (χ4n) is 1.65. The van der Waals surface area contributed by atoms with Crippen molar-refractivity contribution in [3.05, 3.63) is 58.9 Å². The van der Waals surface area contributed by atoms with Crippen molar-refractivity contribution in [1.82, 2.24) is 0 Å². The molecule has 0 aliphatic rings. The first kappa shape index (κ1) is 11.3. The van der Waals surface area contributed by atoms with Gasteiger partial charge in [0.15, 0.2) is 5.75 Å². The Kier molecular flexibility index (Phi) is 3.14. The summed E-state index contributed by atoms with van der Waals surface area (Å²) in [5.41, 5.74) is 1.25. The Morgan fingerprint density at radius 2 is 1.88 bits per heavy atom. The van der Waals surface area contributed by atoms with Gasteiger partial charge in [0.05, 0.1) is 19.6 Å². The number of pyridine rings is 1. The van der Waals surface area contributed by atoms with E-state index in [-0.39, 0.29) is 17.3 Å². The molecule has 0 saturated carbocycles. The predicted molar refractivity (Wildman–Crippen MR) is 62.9 cm³/mol. The summed E-state index contributed by atoms with van der Waals surface area (Å²) in [7, 11) is 1.42. The van der Waals surface area contributed by atoms with E-state index < -0.39 is 0 Å². The highest BCUT2D eigenvalue weighted by atomic mass is 16.5. The molecule has 0 aliphatic carbocycles. The van der Waals surface area contributed by atoms with Crippen molar-refractivity contribution in [1.29, 1.82) is 0 Å². The molecule has 4 nitrogen and oxygen atoms in total. The van der Waals surface area contributed by atoms with Gasteiger partial charge in [-0.2, -0.15) is 0 Å². The molecule has 0 bridgehead atoms. The number of hydrogen-bond donors (Lipinski definition) is 1. The molecule has 2 rings (SSSR count). The molecule has 0 aliphatic heterocycles. The van der Waals surface area contributed by atoms with E-state index in [9.17, 15) is 10.3 Å². The Balaban J connectivity index is 2.38. The molecule has 0 radical (unpaired) electrons. The average molecular weight is 231 g/mol. The minimum Gasteiger partial charge on any atom is -0.616 e. The van der Waals surface area contributed by atoms with Crippen LogP contribution in [0.2, 0.25) is 0 Å². The van der Waals surface area contributed by atoms with Gasteiger partial charge in [-0.25, -0.2) is 0 Å². The Hall–Kier alpha value is -2.23. The van der Waals surface area contributed by atoms with Crippen LogP contribution >= 0.6 is 0 Å². The van der Waals surface area contributed by atoms with Crippen LogP contribution in [0, 0.1) is 5.21 Å². The summed E-state index contributed by atoms with van der Waals surface area (Å²) in [4.78, 5) is 0. The van der Waals surface area contributed by atoms with Crippen LogP contribution < -0.4 is 9.47 Å². The molecule has 2 aromatic rings. The van der Waals surface area contributed by atoms with Gasteiger partial charge >= 0.3 is 5.88 Å². The summed E-state index contributed by atoms with van der Waals surface area (Å²) in [6.45, 7) is 0. The van der Waals surface area contributed by atoms with Gasteiger partial charge in [-0.05, 0) is 11.6 Å². The molecule has 1 aromatic carbocycles. The molecule has 4 heteroatoms. The lowest BCUT2D eigenvalue weighted by Gasteiger charge is -2.09. The number of aromatic nitrogens is 1. The van der Waals surface area contributed by atoms with Crippen LogP contribution in [0.5, 0.6) is 11.6 Å². The first-order chi connectivity index (χ1) is 8.22. The second-order valence-electron chi connectivity index (χ2n) is 3.66. The maximum absolute atomic E-state index is 11.9. The molecule has 0 fully saturated rings. The van der Waals surface area contributed by atoms with Crippen molar-refractivity contribution in [2.24, 2.45) is 0 Å². The Morgan fingerprint density at radius 3 is 2.53 bits per heavy atom. The quantitative estimate of drug-likeness (QED) is 0.645. The van der Waals surface area contributed by atoms with Crippen LogP contribution in [0.25, 0.3) is 0 Å². The first-order valence-electron chi connectivity index (χ1n) is 5.24. The summed E-state index contributed by atoms with van der Waals surface area (Å²) >= 11 is 0. The highest BCUT2D eigenvalue weighted by Gasteiger charge is 2.17. The normalized spacial score (nSPS) is 10.2. The van der Waals surface area contributed by atoms with E-state index in [4.69, 9.17) is 4.74 Å². The maximum atomic E-state index is 11.9. The molecular formula is C13H13NO3. The van der Waals surface area contributed by atoms with Crippen molar-refractivity contribution < 1.29 is 14.6 Å². The van der Waals surface area contributed by atoms with Crippen molar-refractivity contribution in [2.75, 3.05) is 7.11 Å². The number of aromatic hydroxyl groups is 1. The molecule has 1 heterocycles. The van der Waals surface area contributed by atoms with Gasteiger partial charge in [-0.3, -0.25) is 0 Å². The Bertz CT molecular complexity index is 512. The van der Waals surface area contributed by atoms with Crippen LogP contribution in [-0.2, 0) is 6.42 Å². The highest BCUT2D eigenvalue weighted by Crippen LogP contribution is 2.19. The zero-order valence-corrected chi connectivity index (χ0v) is 9.46. The molecule has 17 heavy (non-hydrogen) atoms. The van der Waals surface area contributed by atoms with E-state index >= 15 is 0 Å². The molecule has 0 amide bonds. The zero-order valence-electron chi connectivity index (χ0n) is 9.46. The van der Waals surface area contributed by atoms with E-state index in [2.05, 4.69) is 0 Å². The third kappa shape index (κ3) is 2.30. The molecule has 1 N–H and O–H groups in total. The van der Waals surface area contributed by atoms with Gasteiger partial charge in [0.2, 0.25) is 5.69 Å². The lowest BCUT2D eigenvalue weighted by atomic mass is 10.1. The maximum Gasteiger partial charge on any atom is 0.379 e. The van der Waals surface area contributed by atoms with Crippen molar-refractivity contribution in [3.63, 3.8) is 0 Å². The highest BCUT2D eigenvalue weighted by molar-refractivity contribution is 5.30. The van der Waals surface area contributed by atoms with E-state index in [1.807, 2.05) is 30.3 Å². The number of hydrogen-bond acceptors (Lipinski definition) is 3. The summed E-state index contributed by atoms with van der Waals surface area (Å²) < 4.78 is 5.53. The molecule has 1 aromatic heterocycles. The number of rotatable bonds is 3. The van der Waals surface area contributed by atoms with Gasteiger partial charge in [0, 0.05) is 0 Å². The van der Waals surface area contributed by atoms with Gasteiger partial charge in [0.1, 0.15) is 0 Å². The Labute approximate surface area is 99.3 Å². The molecular weight excluding hydrogens is 218 g/mol. The number of methoxy groups -OCH3 is 1. The lowest BCUT2D eigenvalue weighted by molar-refractivity contribution is -0.620. The van der Waals surface area contributed by atoms with Crippen LogP contribution in [-0.4, -0.2) is 12.2 Å². The topological polar surface area (TPSA) is 56.4 Å². The third-order valence-corrected chi connectivity index (χ3v) is 2.55. The van der Waals surface area contributed by atoms with E-state index in [0.717, 1.165) is 5.56 Å². The number of nitrogens with zero attached hydrogens (tertiary/aromatic N) is 1. The Morgan fingerprint density at radius 1 is 1.18 bits per heavy atom. The standard InChI is InChI=1S/C13H13NO3/c1-17-13-8-7-12(15)11(14(13)16)9-10-5-3-2-4-6-10/h2-8,15H,9H2,1H3. The molecule has 0 saturated heterocycles. The average Bonchev–Trinajstić information content (AvgIpc) is 2.36. The second kappa shape index (κ2) is 4.74. The second-order valence-corrected chi connectivity index (χ2v) is 3.66. The lowest BCUT2D eigenvalue weighted by Crippen LogP contribution is -2.33. The van der Waals surface area contributed by atoms with Crippen LogP contribution in [0.15, 0.2) is 42.5 Å². The summed E-state index contributed by atoms with van der Waals surface area (Å²) in [6, 6.07) is 12.4. The summed E-state index contributed by atoms with van der Waals surface area (Å²) in [5.74, 6) is 0.151. The fourth-order valence-corrected chi connectivity index (χ4v) is 1.65. The largest absolute Gasteiger partial charge is 0.616 e. The SMILES string of the molecule is COc1ccc(O)c(Cc2ccccc2)[n+]1[O-]. The fraction of sp³-hybridized carbons (Fsp3) is 0.154. The number of benzene rings is 1. The molecule has 0 atom stereocenters. The first-order valence-corrected chi connectivity index (χ1v) is 5.24. The molecule has 0 spiro atoms. The third-order valence-electron chi connectivity index (χ3n) is 2.55. The van der Waals surface area contributed by atoms with E-state index in [1.165, 1.54) is 19.2 Å². The van der Waals surface area contributed by atoms with Gasteiger partial charge in [-0.1, -0.05) is 30.3 Å². The summed E-state index contributed by atoms with van der Waals surface area (Å²) in [5, 5.41) is 21.6. The van der Waals surface area contributed by atoms with Gasteiger partial charge in [0.25, 0.3) is 0 Å². The smallest absolute Gasteiger partial charge is 0.379 e. The number of ether oxygens (including phenoxy) is 1. The zero-order chi connectivity index (χ0) is 12.3. The van der Waals surface area contributed by atoms with Gasteiger partial charge < -0.3 is 15.1 Å². The van der Waals surface area contributed by atoms with Crippen molar-refractivity contribution in [3.8, 4) is 11.6 Å². The van der Waals surface area contributed by atoms with Gasteiger partial charge in [-0.15, -0.1) is 4.73 Å². The molecule has 0 unspecified atom stereocenters. The minimum atomic E-state index is -0.0235. The predicted octanol–water partition coefficient (Wildman–Crippen LogP) is 1.62.